The Balaban J connectivity index is 1.21. The molecule has 3 heterocycles. The number of hydrogen-bond acceptors (Lipinski definition) is 8. The summed E-state index contributed by atoms with van der Waals surface area (Å²) in [4.78, 5) is 28.2. The molecule has 12 nitrogen and oxygen atoms in total. The first-order valence-electron chi connectivity index (χ1n) is 12.9. The van der Waals surface area contributed by atoms with Crippen LogP contribution in [0.15, 0.2) is 54.9 Å². The highest BCUT2D eigenvalue weighted by molar-refractivity contribution is 5.92. The van der Waals surface area contributed by atoms with Crippen LogP contribution in [0.5, 0.6) is 5.75 Å². The molecule has 0 aliphatic carbocycles. The average Bonchev–Trinajstić information content (AvgIpc) is 3.63. The molecular weight excluding hydrogens is 600 g/mol. The molecule has 0 saturated carbocycles. The Kier molecular flexibility index (Phi) is 9.80. The number of rotatable bonds is 13. The number of nitrogens with zero attached hydrogens (tertiary/aromatic N) is 7. The standard InChI is InChI=1S/C26H25F6N9O3/c1-25(28,29)44-19-6-2-4-16(10-19)11-33-23(42)21-15-41(39-37-21)13-17(27)8-9-40-14-20(36-38-40)24(43)34-12-18-5-3-7-22(35-18)26(30,31)32/h2-7,10,14-15,17H,8-9,11-13H2,1H3,(H,33,42)(H,34,43). The van der Waals surface area contributed by atoms with Gasteiger partial charge in [0.2, 0.25) is 0 Å². The van der Waals surface area contributed by atoms with Crippen LogP contribution in [0.3, 0.4) is 0 Å². The van der Waals surface area contributed by atoms with Gasteiger partial charge in [0.15, 0.2) is 11.4 Å². The number of carbonyl (C=O) groups excluding carboxylic acids is 2. The summed E-state index contributed by atoms with van der Waals surface area (Å²) in [6.07, 6.45) is -6.97. The number of aryl methyl sites for hydroxylation is 1. The molecule has 0 aliphatic rings. The number of ether oxygens (including phenoxy) is 1. The zero-order chi connectivity index (χ0) is 31.9. The van der Waals surface area contributed by atoms with Crippen molar-refractivity contribution in [3.05, 3.63) is 83.2 Å². The van der Waals surface area contributed by atoms with E-state index >= 15 is 0 Å². The van der Waals surface area contributed by atoms with Crippen molar-refractivity contribution in [1.29, 1.82) is 0 Å². The van der Waals surface area contributed by atoms with Gasteiger partial charge in [-0.25, -0.2) is 14.1 Å². The van der Waals surface area contributed by atoms with Gasteiger partial charge in [0, 0.05) is 26.4 Å². The van der Waals surface area contributed by atoms with E-state index in [4.69, 9.17) is 0 Å². The molecule has 44 heavy (non-hydrogen) atoms. The summed E-state index contributed by atoms with van der Waals surface area (Å²) in [6, 6.07) is 9.13. The topological polar surface area (TPSA) is 142 Å². The first kappa shape index (κ1) is 31.9. The third-order valence-corrected chi connectivity index (χ3v) is 5.78. The normalized spacial score (nSPS) is 12.5. The highest BCUT2D eigenvalue weighted by Crippen LogP contribution is 2.27. The summed E-state index contributed by atoms with van der Waals surface area (Å²) in [5.41, 5.74) is -0.798. The predicted molar refractivity (Wildman–Crippen MR) is 139 cm³/mol. The first-order chi connectivity index (χ1) is 20.7. The molecular formula is C26H25F6N9O3. The van der Waals surface area contributed by atoms with Crippen LogP contribution in [-0.2, 0) is 32.4 Å². The van der Waals surface area contributed by atoms with Gasteiger partial charge < -0.3 is 15.4 Å². The lowest BCUT2D eigenvalue weighted by atomic mass is 10.2. The molecule has 0 fully saturated rings. The summed E-state index contributed by atoms with van der Waals surface area (Å²) < 4.78 is 86.0. The van der Waals surface area contributed by atoms with Gasteiger partial charge in [0.1, 0.15) is 17.6 Å². The second-order valence-corrected chi connectivity index (χ2v) is 9.51. The fourth-order valence-electron chi connectivity index (χ4n) is 3.77. The zero-order valence-corrected chi connectivity index (χ0v) is 22.9. The molecule has 1 unspecified atom stereocenters. The maximum atomic E-state index is 14.6. The van der Waals surface area contributed by atoms with Crippen molar-refractivity contribution >= 4 is 11.8 Å². The number of halogens is 6. The maximum Gasteiger partial charge on any atom is 0.433 e. The van der Waals surface area contributed by atoms with Gasteiger partial charge in [-0.15, -0.1) is 10.2 Å². The van der Waals surface area contributed by atoms with Gasteiger partial charge in [-0.3, -0.25) is 14.3 Å². The van der Waals surface area contributed by atoms with Crippen molar-refractivity contribution < 1.29 is 40.7 Å². The van der Waals surface area contributed by atoms with E-state index in [1.807, 2.05) is 0 Å². The van der Waals surface area contributed by atoms with Crippen molar-refractivity contribution in [2.45, 2.75) is 58.0 Å². The average molecular weight is 626 g/mol. The van der Waals surface area contributed by atoms with Gasteiger partial charge in [0.05, 0.1) is 31.2 Å². The fourth-order valence-corrected chi connectivity index (χ4v) is 3.77. The van der Waals surface area contributed by atoms with E-state index in [2.05, 4.69) is 41.0 Å². The minimum Gasteiger partial charge on any atom is -0.433 e. The van der Waals surface area contributed by atoms with Gasteiger partial charge in [-0.1, -0.05) is 28.6 Å². The quantitative estimate of drug-likeness (QED) is 0.215. The molecule has 2 N–H and O–H groups in total. The number of nitrogens with one attached hydrogen (secondary N) is 2. The molecule has 0 spiro atoms. The Morgan fingerprint density at radius 1 is 0.909 bits per heavy atom. The lowest BCUT2D eigenvalue weighted by molar-refractivity contribution is -0.159. The number of alkyl halides is 6. The second kappa shape index (κ2) is 13.5. The van der Waals surface area contributed by atoms with E-state index in [1.54, 1.807) is 6.07 Å². The van der Waals surface area contributed by atoms with Gasteiger partial charge in [-0.05, 0) is 29.8 Å². The number of hydrogen-bond donors (Lipinski definition) is 2. The molecule has 1 atom stereocenters. The Labute approximate surface area is 245 Å². The smallest absolute Gasteiger partial charge is 0.433 e. The van der Waals surface area contributed by atoms with Gasteiger partial charge in [-0.2, -0.15) is 22.0 Å². The Hall–Kier alpha value is -5.03. The van der Waals surface area contributed by atoms with Crippen molar-refractivity contribution in [3.8, 4) is 5.75 Å². The SMILES string of the molecule is CC(F)(F)Oc1cccc(CNC(=O)c2cn(CC(F)CCn3cc(C(=O)NCc4cccc(C(F)(F)F)n4)nn3)nn2)c1. The van der Waals surface area contributed by atoms with Crippen molar-refractivity contribution in [3.63, 3.8) is 0 Å². The van der Waals surface area contributed by atoms with Crippen LogP contribution < -0.4 is 15.4 Å². The van der Waals surface area contributed by atoms with Crippen LogP contribution in [0.4, 0.5) is 26.3 Å². The predicted octanol–water partition coefficient (Wildman–Crippen LogP) is 3.56. The van der Waals surface area contributed by atoms with Gasteiger partial charge in [0.25, 0.3) is 11.8 Å². The van der Waals surface area contributed by atoms with E-state index in [1.165, 1.54) is 47.4 Å². The lowest BCUT2D eigenvalue weighted by Gasteiger charge is -2.13. The molecule has 0 saturated heterocycles. The molecule has 0 aliphatic heterocycles. The molecule has 234 valence electrons. The number of pyridine rings is 1. The van der Waals surface area contributed by atoms with Crippen LogP contribution in [0.1, 0.15) is 51.3 Å². The van der Waals surface area contributed by atoms with E-state index in [-0.39, 0.29) is 55.4 Å². The third-order valence-electron chi connectivity index (χ3n) is 5.78. The molecule has 3 aromatic heterocycles. The number of carbonyl (C=O) groups is 2. The maximum absolute atomic E-state index is 14.6. The summed E-state index contributed by atoms with van der Waals surface area (Å²) >= 11 is 0. The van der Waals surface area contributed by atoms with Gasteiger partial charge >= 0.3 is 12.3 Å². The molecule has 4 rings (SSSR count). The first-order valence-corrected chi connectivity index (χ1v) is 12.9. The molecule has 1 aromatic carbocycles. The largest absolute Gasteiger partial charge is 0.433 e. The number of benzene rings is 1. The minimum atomic E-state index is -4.62. The van der Waals surface area contributed by atoms with Crippen molar-refractivity contribution in [2.24, 2.45) is 0 Å². The van der Waals surface area contributed by atoms with Crippen LogP contribution >= 0.6 is 0 Å². The molecule has 0 radical (unpaired) electrons. The third kappa shape index (κ3) is 9.50. The highest BCUT2D eigenvalue weighted by atomic mass is 19.4. The van der Waals surface area contributed by atoms with E-state index in [0.717, 1.165) is 10.7 Å². The highest BCUT2D eigenvalue weighted by Gasteiger charge is 2.32. The fraction of sp³-hybridized carbons (Fsp3) is 0.346. The zero-order valence-electron chi connectivity index (χ0n) is 22.9. The summed E-state index contributed by atoms with van der Waals surface area (Å²) in [5, 5.41) is 19.9. The van der Waals surface area contributed by atoms with E-state index < -0.39 is 36.0 Å². The summed E-state index contributed by atoms with van der Waals surface area (Å²) in [5.74, 6) is -1.39. The molecule has 2 amide bonds. The monoisotopic (exact) mass is 625 g/mol. The molecule has 4 aromatic rings. The number of amides is 2. The van der Waals surface area contributed by atoms with Crippen LogP contribution in [0.25, 0.3) is 0 Å². The number of aromatic nitrogens is 7. The van der Waals surface area contributed by atoms with E-state index in [9.17, 15) is 35.9 Å². The van der Waals surface area contributed by atoms with E-state index in [0.29, 0.717) is 12.5 Å². The molecule has 0 bridgehead atoms. The second-order valence-electron chi connectivity index (χ2n) is 9.51. The van der Waals surface area contributed by atoms with Crippen LogP contribution in [-0.4, -0.2) is 59.1 Å². The summed E-state index contributed by atoms with van der Waals surface area (Å²) in [6.45, 7) is 0.115. The van der Waals surface area contributed by atoms with Crippen LogP contribution in [0, 0.1) is 0 Å². The lowest BCUT2D eigenvalue weighted by Crippen LogP contribution is -2.24. The van der Waals surface area contributed by atoms with Crippen LogP contribution in [0.2, 0.25) is 0 Å². The minimum absolute atomic E-state index is 0.00317. The van der Waals surface area contributed by atoms with Crippen molar-refractivity contribution in [2.75, 3.05) is 0 Å². The summed E-state index contributed by atoms with van der Waals surface area (Å²) in [7, 11) is 0. The van der Waals surface area contributed by atoms with Crippen molar-refractivity contribution in [1.82, 2.24) is 45.6 Å². The Morgan fingerprint density at radius 3 is 2.23 bits per heavy atom. The Morgan fingerprint density at radius 2 is 1.55 bits per heavy atom. The molecule has 18 heteroatoms. The Bertz CT molecular complexity index is 1590.